The van der Waals surface area contributed by atoms with Gasteiger partial charge in [0.1, 0.15) is 5.69 Å². The lowest BCUT2D eigenvalue weighted by molar-refractivity contribution is -0.384. The van der Waals surface area contributed by atoms with Gasteiger partial charge in [-0.2, -0.15) is 0 Å². The molecular formula is C13H18N4O4. The molecule has 0 aromatic heterocycles. The number of ether oxygens (including phenoxy) is 1. The van der Waals surface area contributed by atoms with E-state index in [0.29, 0.717) is 38.5 Å². The van der Waals surface area contributed by atoms with Crippen LogP contribution in [0.1, 0.15) is 17.3 Å². The van der Waals surface area contributed by atoms with E-state index in [1.807, 2.05) is 6.92 Å². The fourth-order valence-corrected chi connectivity index (χ4v) is 2.05. The fraction of sp³-hybridized carbons (Fsp3) is 0.462. The number of hydrogen-bond acceptors (Lipinski definition) is 6. The van der Waals surface area contributed by atoms with E-state index in [2.05, 4.69) is 10.7 Å². The summed E-state index contributed by atoms with van der Waals surface area (Å²) >= 11 is 0. The Kier molecular flexibility index (Phi) is 5.07. The third kappa shape index (κ3) is 3.89. The second-order valence-electron chi connectivity index (χ2n) is 4.56. The topological polar surface area (TPSA) is 96.7 Å². The molecule has 0 saturated carbocycles. The van der Waals surface area contributed by atoms with E-state index in [9.17, 15) is 14.9 Å². The molecule has 0 spiro atoms. The first-order chi connectivity index (χ1) is 10.1. The zero-order valence-electron chi connectivity index (χ0n) is 11.8. The molecule has 1 amide bonds. The van der Waals surface area contributed by atoms with Gasteiger partial charge in [-0.3, -0.25) is 20.3 Å². The van der Waals surface area contributed by atoms with Gasteiger partial charge in [0, 0.05) is 31.3 Å². The third-order valence-electron chi connectivity index (χ3n) is 3.09. The van der Waals surface area contributed by atoms with E-state index in [1.165, 1.54) is 6.07 Å². The van der Waals surface area contributed by atoms with Gasteiger partial charge >= 0.3 is 0 Å². The number of nitrogens with one attached hydrogen (secondary N) is 2. The van der Waals surface area contributed by atoms with Crippen LogP contribution in [0.25, 0.3) is 0 Å². The smallest absolute Gasteiger partial charge is 0.293 e. The van der Waals surface area contributed by atoms with Crippen LogP contribution in [0.4, 0.5) is 11.4 Å². The molecule has 0 radical (unpaired) electrons. The minimum Gasteiger partial charge on any atom is -0.380 e. The molecule has 1 fully saturated rings. The molecule has 0 atom stereocenters. The Balaban J connectivity index is 2.13. The monoisotopic (exact) mass is 294 g/mol. The lowest BCUT2D eigenvalue weighted by Gasteiger charge is -2.26. The summed E-state index contributed by atoms with van der Waals surface area (Å²) in [5.74, 6) is -0.358. The molecule has 8 heteroatoms. The van der Waals surface area contributed by atoms with Gasteiger partial charge in [-0.25, -0.2) is 5.01 Å². The first-order valence-electron chi connectivity index (χ1n) is 6.77. The molecule has 1 aliphatic rings. The summed E-state index contributed by atoms with van der Waals surface area (Å²) in [5.41, 5.74) is 3.29. The van der Waals surface area contributed by atoms with Crippen LogP contribution in [-0.4, -0.2) is 48.7 Å². The maximum Gasteiger partial charge on any atom is 0.293 e. The van der Waals surface area contributed by atoms with Crippen LogP contribution in [0.5, 0.6) is 0 Å². The number of hydrazine groups is 1. The van der Waals surface area contributed by atoms with Crippen molar-refractivity contribution in [1.29, 1.82) is 0 Å². The quantitative estimate of drug-likeness (QED) is 0.621. The van der Waals surface area contributed by atoms with Gasteiger partial charge in [-0.1, -0.05) is 0 Å². The Morgan fingerprint density at radius 2 is 2.14 bits per heavy atom. The van der Waals surface area contributed by atoms with Crippen LogP contribution in [-0.2, 0) is 4.74 Å². The molecule has 2 rings (SSSR count). The number of nitro groups is 1. The molecule has 1 aromatic rings. The lowest BCUT2D eigenvalue weighted by atomic mass is 10.1. The van der Waals surface area contributed by atoms with E-state index in [-0.39, 0.29) is 17.2 Å². The predicted octanol–water partition coefficient (Wildman–Crippen LogP) is 1.00. The second kappa shape index (κ2) is 7.00. The average Bonchev–Trinajstić information content (AvgIpc) is 2.48. The largest absolute Gasteiger partial charge is 0.380 e. The fourth-order valence-electron chi connectivity index (χ4n) is 2.05. The normalized spacial score (nSPS) is 15.5. The molecule has 1 heterocycles. The summed E-state index contributed by atoms with van der Waals surface area (Å²) in [6, 6.07) is 4.41. The van der Waals surface area contributed by atoms with Gasteiger partial charge in [0.2, 0.25) is 0 Å². The number of morpholine rings is 1. The van der Waals surface area contributed by atoms with Crippen LogP contribution in [0.3, 0.4) is 0 Å². The summed E-state index contributed by atoms with van der Waals surface area (Å²) in [5, 5.41) is 15.7. The molecule has 1 aliphatic heterocycles. The molecule has 0 bridgehead atoms. The van der Waals surface area contributed by atoms with Gasteiger partial charge in [0.15, 0.2) is 0 Å². The number of rotatable bonds is 5. The van der Waals surface area contributed by atoms with Crippen LogP contribution < -0.4 is 10.7 Å². The molecule has 1 saturated heterocycles. The Hall–Kier alpha value is -2.19. The first kappa shape index (κ1) is 15.2. The number of carbonyl (C=O) groups excluding carboxylic acids is 1. The Bertz CT molecular complexity index is 529. The van der Waals surface area contributed by atoms with Crippen molar-refractivity contribution < 1.29 is 14.5 Å². The van der Waals surface area contributed by atoms with Crippen molar-refractivity contribution in [2.45, 2.75) is 6.92 Å². The van der Waals surface area contributed by atoms with Gasteiger partial charge in [0.25, 0.3) is 11.6 Å². The molecule has 0 unspecified atom stereocenters. The highest BCUT2D eigenvalue weighted by Crippen LogP contribution is 2.25. The molecule has 2 N–H and O–H groups in total. The Morgan fingerprint density at radius 1 is 1.43 bits per heavy atom. The van der Waals surface area contributed by atoms with Crippen LogP contribution in [0.15, 0.2) is 18.2 Å². The van der Waals surface area contributed by atoms with E-state index in [0.717, 1.165) is 0 Å². The molecular weight excluding hydrogens is 276 g/mol. The van der Waals surface area contributed by atoms with Crippen molar-refractivity contribution >= 4 is 17.3 Å². The SMILES string of the molecule is CCNc1ccc(C(=O)NN2CCOCC2)cc1[N+](=O)[O-]. The minimum absolute atomic E-state index is 0.105. The number of carbonyl (C=O) groups is 1. The highest BCUT2D eigenvalue weighted by atomic mass is 16.6. The molecule has 114 valence electrons. The number of nitro benzene ring substituents is 1. The predicted molar refractivity (Wildman–Crippen MR) is 77.1 cm³/mol. The zero-order chi connectivity index (χ0) is 15.2. The van der Waals surface area contributed by atoms with E-state index in [1.54, 1.807) is 17.1 Å². The van der Waals surface area contributed by atoms with Gasteiger partial charge in [-0.05, 0) is 19.1 Å². The first-order valence-corrected chi connectivity index (χ1v) is 6.77. The Labute approximate surface area is 122 Å². The van der Waals surface area contributed by atoms with Crippen LogP contribution in [0.2, 0.25) is 0 Å². The number of hydrogen-bond donors (Lipinski definition) is 2. The minimum atomic E-state index is -0.497. The number of anilines is 1. The molecule has 0 aliphatic carbocycles. The highest BCUT2D eigenvalue weighted by molar-refractivity contribution is 5.95. The van der Waals surface area contributed by atoms with E-state index < -0.39 is 4.92 Å². The van der Waals surface area contributed by atoms with Crippen molar-refractivity contribution in [2.24, 2.45) is 0 Å². The summed E-state index contributed by atoms with van der Waals surface area (Å²) in [4.78, 5) is 22.7. The molecule has 8 nitrogen and oxygen atoms in total. The van der Waals surface area contributed by atoms with Crippen LogP contribution >= 0.6 is 0 Å². The zero-order valence-corrected chi connectivity index (χ0v) is 11.8. The summed E-state index contributed by atoms with van der Waals surface area (Å²) in [7, 11) is 0. The number of nitrogens with zero attached hydrogens (tertiary/aromatic N) is 2. The summed E-state index contributed by atoms with van der Waals surface area (Å²) in [6.45, 7) is 4.73. The summed E-state index contributed by atoms with van der Waals surface area (Å²) < 4.78 is 5.19. The standard InChI is InChI=1S/C13H18N4O4/c1-2-14-11-4-3-10(9-12(11)17(19)20)13(18)15-16-5-7-21-8-6-16/h3-4,9,14H,2,5-8H2,1H3,(H,15,18). The second-order valence-corrected chi connectivity index (χ2v) is 4.56. The molecule has 21 heavy (non-hydrogen) atoms. The van der Waals surface area contributed by atoms with E-state index >= 15 is 0 Å². The number of benzene rings is 1. The third-order valence-corrected chi connectivity index (χ3v) is 3.09. The lowest BCUT2D eigenvalue weighted by Crippen LogP contribution is -2.48. The highest BCUT2D eigenvalue weighted by Gasteiger charge is 2.19. The van der Waals surface area contributed by atoms with Crippen LogP contribution in [0, 0.1) is 10.1 Å². The maximum atomic E-state index is 12.1. The van der Waals surface area contributed by atoms with Gasteiger partial charge in [0.05, 0.1) is 18.1 Å². The Morgan fingerprint density at radius 3 is 2.76 bits per heavy atom. The van der Waals surface area contributed by atoms with Crippen molar-refractivity contribution in [2.75, 3.05) is 38.2 Å². The van der Waals surface area contributed by atoms with Crippen molar-refractivity contribution in [3.05, 3.63) is 33.9 Å². The van der Waals surface area contributed by atoms with Crippen molar-refractivity contribution in [1.82, 2.24) is 10.4 Å². The van der Waals surface area contributed by atoms with Crippen molar-refractivity contribution in [3.8, 4) is 0 Å². The number of amides is 1. The molecule has 1 aromatic carbocycles. The van der Waals surface area contributed by atoms with Gasteiger partial charge < -0.3 is 10.1 Å². The maximum absolute atomic E-state index is 12.1. The summed E-state index contributed by atoms with van der Waals surface area (Å²) in [6.07, 6.45) is 0. The van der Waals surface area contributed by atoms with Gasteiger partial charge in [-0.15, -0.1) is 0 Å². The van der Waals surface area contributed by atoms with E-state index in [4.69, 9.17) is 4.74 Å². The average molecular weight is 294 g/mol. The van der Waals surface area contributed by atoms with Crippen molar-refractivity contribution in [3.63, 3.8) is 0 Å².